The Labute approximate surface area is 97.1 Å². The second-order valence-electron chi connectivity index (χ2n) is 4.37. The maximum atomic E-state index is 11.9. The second-order valence-corrected chi connectivity index (χ2v) is 6.56. The molecule has 2 unspecified atom stereocenters. The zero-order chi connectivity index (χ0) is 12.3. The van der Waals surface area contributed by atoms with Crippen molar-refractivity contribution in [1.82, 2.24) is 10.2 Å². The predicted molar refractivity (Wildman–Crippen MR) is 63.0 cm³/mol. The van der Waals surface area contributed by atoms with Crippen molar-refractivity contribution < 1.29 is 13.2 Å². The Morgan fingerprint density at radius 3 is 2.69 bits per heavy atom. The lowest BCUT2D eigenvalue weighted by atomic mass is 10.2. The number of likely N-dealkylation sites (N-methyl/N-ethyl adjacent to an activating group) is 1. The molecule has 1 aliphatic heterocycles. The Hall–Kier alpha value is -0.620. The van der Waals surface area contributed by atoms with E-state index in [2.05, 4.69) is 5.32 Å². The van der Waals surface area contributed by atoms with Crippen LogP contribution in [0.4, 0.5) is 0 Å². The molecule has 0 bridgehead atoms. The fourth-order valence-electron chi connectivity index (χ4n) is 2.10. The van der Waals surface area contributed by atoms with Crippen molar-refractivity contribution in [3.05, 3.63) is 0 Å². The summed E-state index contributed by atoms with van der Waals surface area (Å²) in [6.07, 6.45) is 1.96. The standard InChI is InChI=1S/C10H20N2O3S/c1-4-11-9-5-6-12(10(9)13)8(2)7-16(3,14)15/h8-9,11H,4-7H2,1-3H3. The Kier molecular flexibility index (Phi) is 4.32. The number of hydrogen-bond donors (Lipinski definition) is 1. The number of rotatable bonds is 5. The van der Waals surface area contributed by atoms with Gasteiger partial charge >= 0.3 is 0 Å². The number of likely N-dealkylation sites (tertiary alicyclic amines) is 1. The van der Waals surface area contributed by atoms with E-state index in [-0.39, 0.29) is 23.7 Å². The highest BCUT2D eigenvalue weighted by atomic mass is 32.2. The van der Waals surface area contributed by atoms with Crippen molar-refractivity contribution in [2.45, 2.75) is 32.4 Å². The SMILES string of the molecule is CCNC1CCN(C(C)CS(C)(=O)=O)C1=O. The average Bonchev–Trinajstić information content (AvgIpc) is 2.46. The first-order chi connectivity index (χ1) is 7.35. The van der Waals surface area contributed by atoms with Crippen LogP contribution in [-0.2, 0) is 14.6 Å². The molecular formula is C10H20N2O3S. The number of amides is 1. The first-order valence-corrected chi connectivity index (χ1v) is 7.62. The van der Waals surface area contributed by atoms with Crippen LogP contribution in [0.25, 0.3) is 0 Å². The lowest BCUT2D eigenvalue weighted by molar-refractivity contribution is -0.130. The molecule has 0 aromatic rings. The van der Waals surface area contributed by atoms with Crippen LogP contribution in [0, 0.1) is 0 Å². The van der Waals surface area contributed by atoms with Gasteiger partial charge in [-0.3, -0.25) is 4.79 Å². The highest BCUT2D eigenvalue weighted by Crippen LogP contribution is 2.15. The monoisotopic (exact) mass is 248 g/mol. The summed E-state index contributed by atoms with van der Waals surface area (Å²) < 4.78 is 22.3. The molecule has 1 N–H and O–H groups in total. The van der Waals surface area contributed by atoms with E-state index in [0.29, 0.717) is 6.54 Å². The first kappa shape index (κ1) is 13.4. The maximum Gasteiger partial charge on any atom is 0.240 e. The van der Waals surface area contributed by atoms with Crippen LogP contribution in [0.3, 0.4) is 0 Å². The smallest absolute Gasteiger partial charge is 0.240 e. The van der Waals surface area contributed by atoms with E-state index in [9.17, 15) is 13.2 Å². The molecule has 2 atom stereocenters. The molecular weight excluding hydrogens is 228 g/mol. The van der Waals surface area contributed by atoms with E-state index >= 15 is 0 Å². The van der Waals surface area contributed by atoms with Gasteiger partial charge in [-0.05, 0) is 19.9 Å². The molecule has 1 aliphatic rings. The van der Waals surface area contributed by atoms with Crippen LogP contribution in [0.2, 0.25) is 0 Å². The third-order valence-corrected chi connectivity index (χ3v) is 3.85. The molecule has 94 valence electrons. The van der Waals surface area contributed by atoms with Gasteiger partial charge < -0.3 is 10.2 Å². The van der Waals surface area contributed by atoms with Gasteiger partial charge in [0.25, 0.3) is 0 Å². The summed E-state index contributed by atoms with van der Waals surface area (Å²) in [5, 5.41) is 3.10. The molecule has 0 aliphatic carbocycles. The van der Waals surface area contributed by atoms with Crippen LogP contribution in [-0.4, -0.2) is 56.4 Å². The second kappa shape index (κ2) is 5.14. The summed E-state index contributed by atoms with van der Waals surface area (Å²) in [6.45, 7) is 5.14. The van der Waals surface area contributed by atoms with Gasteiger partial charge in [0, 0.05) is 18.8 Å². The summed E-state index contributed by atoms with van der Waals surface area (Å²) in [4.78, 5) is 13.6. The first-order valence-electron chi connectivity index (χ1n) is 5.56. The molecule has 16 heavy (non-hydrogen) atoms. The molecule has 1 heterocycles. The number of carbonyl (C=O) groups excluding carboxylic acids is 1. The summed E-state index contributed by atoms with van der Waals surface area (Å²) in [6, 6.07) is -0.363. The molecule has 0 saturated carbocycles. The molecule has 0 aromatic heterocycles. The van der Waals surface area contributed by atoms with Gasteiger partial charge in [-0.15, -0.1) is 0 Å². The lowest BCUT2D eigenvalue weighted by Gasteiger charge is -2.24. The summed E-state index contributed by atoms with van der Waals surface area (Å²) in [7, 11) is -3.03. The third kappa shape index (κ3) is 3.45. The molecule has 1 saturated heterocycles. The zero-order valence-corrected chi connectivity index (χ0v) is 10.9. The topological polar surface area (TPSA) is 66.5 Å². The van der Waals surface area contributed by atoms with Gasteiger partial charge in [-0.1, -0.05) is 6.92 Å². The minimum absolute atomic E-state index is 0.0259. The van der Waals surface area contributed by atoms with E-state index < -0.39 is 9.84 Å². The zero-order valence-electron chi connectivity index (χ0n) is 10.1. The van der Waals surface area contributed by atoms with Gasteiger partial charge in [-0.2, -0.15) is 0 Å². The molecule has 0 radical (unpaired) electrons. The van der Waals surface area contributed by atoms with Crippen molar-refractivity contribution in [2.75, 3.05) is 25.1 Å². The number of sulfone groups is 1. The van der Waals surface area contributed by atoms with E-state index in [0.717, 1.165) is 13.0 Å². The van der Waals surface area contributed by atoms with Gasteiger partial charge in [0.1, 0.15) is 9.84 Å². The Bertz CT molecular complexity index is 353. The maximum absolute atomic E-state index is 11.9. The van der Waals surface area contributed by atoms with Gasteiger partial charge in [0.15, 0.2) is 0 Å². The van der Waals surface area contributed by atoms with Crippen molar-refractivity contribution >= 4 is 15.7 Å². The number of carbonyl (C=O) groups is 1. The van der Waals surface area contributed by atoms with Crippen molar-refractivity contribution in [2.24, 2.45) is 0 Å². The predicted octanol–water partition coefficient (Wildman–Crippen LogP) is -0.370. The molecule has 1 amide bonds. The Morgan fingerprint density at radius 2 is 2.19 bits per heavy atom. The van der Waals surface area contributed by atoms with Crippen molar-refractivity contribution in [1.29, 1.82) is 0 Å². The van der Waals surface area contributed by atoms with Crippen LogP contribution < -0.4 is 5.32 Å². The van der Waals surface area contributed by atoms with E-state index in [1.54, 1.807) is 11.8 Å². The van der Waals surface area contributed by atoms with Crippen molar-refractivity contribution in [3.8, 4) is 0 Å². The van der Waals surface area contributed by atoms with Crippen LogP contribution >= 0.6 is 0 Å². The largest absolute Gasteiger partial charge is 0.338 e. The number of nitrogens with one attached hydrogen (secondary N) is 1. The summed E-state index contributed by atoms with van der Waals surface area (Å²) in [5.41, 5.74) is 0. The van der Waals surface area contributed by atoms with Crippen molar-refractivity contribution in [3.63, 3.8) is 0 Å². The molecule has 1 fully saturated rings. The Morgan fingerprint density at radius 1 is 1.56 bits per heavy atom. The molecule has 5 nitrogen and oxygen atoms in total. The highest BCUT2D eigenvalue weighted by Gasteiger charge is 2.34. The third-order valence-electron chi connectivity index (χ3n) is 2.77. The summed E-state index contributed by atoms with van der Waals surface area (Å²) in [5.74, 6) is 0.0652. The molecule has 0 aromatic carbocycles. The van der Waals surface area contributed by atoms with E-state index in [4.69, 9.17) is 0 Å². The normalized spacial score (nSPS) is 23.8. The lowest BCUT2D eigenvalue weighted by Crippen LogP contribution is -2.44. The number of nitrogens with zero attached hydrogens (tertiary/aromatic N) is 1. The molecule has 6 heteroatoms. The fourth-order valence-corrected chi connectivity index (χ4v) is 3.16. The van der Waals surface area contributed by atoms with Gasteiger partial charge in [0.05, 0.1) is 11.8 Å². The molecule has 1 rings (SSSR count). The average molecular weight is 248 g/mol. The minimum atomic E-state index is -3.03. The molecule has 0 spiro atoms. The Balaban J connectivity index is 2.59. The van der Waals surface area contributed by atoms with Crippen LogP contribution in [0.1, 0.15) is 20.3 Å². The van der Waals surface area contributed by atoms with E-state index in [1.807, 2.05) is 6.92 Å². The van der Waals surface area contributed by atoms with Gasteiger partial charge in [-0.25, -0.2) is 8.42 Å². The number of hydrogen-bond acceptors (Lipinski definition) is 4. The van der Waals surface area contributed by atoms with Gasteiger partial charge in [0.2, 0.25) is 5.91 Å². The minimum Gasteiger partial charge on any atom is -0.338 e. The highest BCUT2D eigenvalue weighted by molar-refractivity contribution is 7.90. The van der Waals surface area contributed by atoms with Crippen LogP contribution in [0.15, 0.2) is 0 Å². The quantitative estimate of drug-likeness (QED) is 0.721. The van der Waals surface area contributed by atoms with Crippen LogP contribution in [0.5, 0.6) is 0 Å². The summed E-state index contributed by atoms with van der Waals surface area (Å²) >= 11 is 0. The fraction of sp³-hybridized carbons (Fsp3) is 0.900. The van der Waals surface area contributed by atoms with E-state index in [1.165, 1.54) is 6.26 Å².